The van der Waals surface area contributed by atoms with Gasteiger partial charge in [-0.05, 0) is 30.7 Å². The van der Waals surface area contributed by atoms with Gasteiger partial charge in [-0.25, -0.2) is 9.78 Å². The molecule has 2 rings (SSSR count). The maximum absolute atomic E-state index is 11.7. The molecule has 0 spiro atoms. The standard InChI is InChI=1S/C12H12N2O2S/c1-8-4-9(6-10(13)5-8)12(15)16-7-11-14-2-3-17-11/h2-6H,7,13H2,1H3. The molecule has 1 aromatic heterocycles. The number of benzene rings is 1. The van der Waals surface area contributed by atoms with Crippen molar-refractivity contribution in [2.24, 2.45) is 0 Å². The third-order valence-electron chi connectivity index (χ3n) is 2.15. The van der Waals surface area contributed by atoms with Crippen LogP contribution in [0.2, 0.25) is 0 Å². The molecule has 4 nitrogen and oxygen atoms in total. The fraction of sp³-hybridized carbons (Fsp3) is 0.167. The van der Waals surface area contributed by atoms with E-state index in [4.69, 9.17) is 10.5 Å². The van der Waals surface area contributed by atoms with E-state index in [1.54, 1.807) is 24.4 Å². The number of nitrogens with zero attached hydrogens (tertiary/aromatic N) is 1. The van der Waals surface area contributed by atoms with Crippen molar-refractivity contribution >= 4 is 23.0 Å². The van der Waals surface area contributed by atoms with E-state index >= 15 is 0 Å². The normalized spacial score (nSPS) is 10.2. The molecule has 0 saturated heterocycles. The quantitative estimate of drug-likeness (QED) is 0.669. The van der Waals surface area contributed by atoms with Gasteiger partial charge in [-0.15, -0.1) is 11.3 Å². The summed E-state index contributed by atoms with van der Waals surface area (Å²) in [6.45, 7) is 2.08. The number of carbonyl (C=O) groups excluding carboxylic acids is 1. The minimum atomic E-state index is -0.379. The number of rotatable bonds is 3. The number of nitrogens with two attached hydrogens (primary N) is 1. The Bertz CT molecular complexity index is 503. The highest BCUT2D eigenvalue weighted by molar-refractivity contribution is 7.09. The first kappa shape index (κ1) is 11.6. The summed E-state index contributed by atoms with van der Waals surface area (Å²) >= 11 is 1.45. The molecule has 0 amide bonds. The highest BCUT2D eigenvalue weighted by atomic mass is 32.1. The van der Waals surface area contributed by atoms with Crippen molar-refractivity contribution in [1.29, 1.82) is 0 Å². The molecule has 0 fully saturated rings. The van der Waals surface area contributed by atoms with Crippen molar-refractivity contribution in [1.82, 2.24) is 4.98 Å². The number of hydrogen-bond acceptors (Lipinski definition) is 5. The molecule has 88 valence electrons. The zero-order valence-electron chi connectivity index (χ0n) is 9.34. The molecule has 0 saturated carbocycles. The number of nitrogen functional groups attached to an aromatic ring is 1. The maximum atomic E-state index is 11.7. The van der Waals surface area contributed by atoms with E-state index in [0.717, 1.165) is 10.6 Å². The van der Waals surface area contributed by atoms with Gasteiger partial charge in [0.25, 0.3) is 0 Å². The molecule has 0 bridgehead atoms. The van der Waals surface area contributed by atoms with E-state index in [2.05, 4.69) is 4.98 Å². The van der Waals surface area contributed by atoms with Gasteiger partial charge in [-0.1, -0.05) is 0 Å². The number of anilines is 1. The van der Waals surface area contributed by atoms with Gasteiger partial charge in [0.1, 0.15) is 11.6 Å². The molecule has 0 aliphatic rings. The Morgan fingerprint density at radius 2 is 2.29 bits per heavy atom. The van der Waals surface area contributed by atoms with Crippen molar-refractivity contribution in [3.05, 3.63) is 45.9 Å². The largest absolute Gasteiger partial charge is 0.455 e. The van der Waals surface area contributed by atoms with Gasteiger partial charge < -0.3 is 10.5 Å². The first-order valence-corrected chi connectivity index (χ1v) is 5.96. The van der Waals surface area contributed by atoms with Crippen molar-refractivity contribution in [2.75, 3.05) is 5.73 Å². The first-order chi connectivity index (χ1) is 8.15. The summed E-state index contributed by atoms with van der Waals surface area (Å²) in [6.07, 6.45) is 1.68. The van der Waals surface area contributed by atoms with Gasteiger partial charge >= 0.3 is 5.97 Å². The molecule has 0 unspecified atom stereocenters. The molecule has 17 heavy (non-hydrogen) atoms. The van der Waals surface area contributed by atoms with Crippen LogP contribution in [0.1, 0.15) is 20.9 Å². The number of hydrogen-bond donors (Lipinski definition) is 1. The third-order valence-corrected chi connectivity index (χ3v) is 2.90. The lowest BCUT2D eigenvalue weighted by atomic mass is 10.1. The number of carbonyl (C=O) groups is 1. The zero-order valence-corrected chi connectivity index (χ0v) is 10.2. The first-order valence-electron chi connectivity index (χ1n) is 5.08. The molecule has 1 heterocycles. The number of aryl methyl sites for hydroxylation is 1. The van der Waals surface area contributed by atoms with Crippen molar-refractivity contribution in [3.8, 4) is 0 Å². The van der Waals surface area contributed by atoms with E-state index in [9.17, 15) is 4.79 Å². The minimum Gasteiger partial charge on any atom is -0.455 e. The van der Waals surface area contributed by atoms with E-state index in [1.165, 1.54) is 11.3 Å². The Morgan fingerprint density at radius 3 is 2.94 bits per heavy atom. The molecule has 0 radical (unpaired) electrons. The molecule has 0 atom stereocenters. The maximum Gasteiger partial charge on any atom is 0.338 e. The molecule has 2 aromatic rings. The predicted molar refractivity (Wildman–Crippen MR) is 66.8 cm³/mol. The number of thiazole rings is 1. The van der Waals surface area contributed by atoms with Crippen LogP contribution in [0.25, 0.3) is 0 Å². The van der Waals surface area contributed by atoms with Gasteiger partial charge in [-0.2, -0.15) is 0 Å². The molecule has 0 aliphatic carbocycles. The SMILES string of the molecule is Cc1cc(N)cc(C(=O)OCc2nccs2)c1. The summed E-state index contributed by atoms with van der Waals surface area (Å²) in [7, 11) is 0. The summed E-state index contributed by atoms with van der Waals surface area (Å²) in [5, 5.41) is 2.62. The fourth-order valence-corrected chi connectivity index (χ4v) is 1.99. The van der Waals surface area contributed by atoms with Gasteiger partial charge in [0, 0.05) is 17.3 Å². The van der Waals surface area contributed by atoms with Crippen LogP contribution in [0, 0.1) is 6.92 Å². The average molecular weight is 248 g/mol. The molecule has 0 aliphatic heterocycles. The highest BCUT2D eigenvalue weighted by Gasteiger charge is 2.09. The lowest BCUT2D eigenvalue weighted by molar-refractivity contribution is 0.0472. The van der Waals surface area contributed by atoms with E-state index in [0.29, 0.717) is 11.3 Å². The Morgan fingerprint density at radius 1 is 1.47 bits per heavy atom. The predicted octanol–water partition coefficient (Wildman–Crippen LogP) is 2.39. The summed E-state index contributed by atoms with van der Waals surface area (Å²) in [4.78, 5) is 15.8. The van der Waals surface area contributed by atoms with Crippen molar-refractivity contribution in [2.45, 2.75) is 13.5 Å². The third kappa shape index (κ3) is 3.04. The Hall–Kier alpha value is -1.88. The van der Waals surface area contributed by atoms with Crippen LogP contribution >= 0.6 is 11.3 Å². The van der Waals surface area contributed by atoms with E-state index < -0.39 is 0 Å². The minimum absolute atomic E-state index is 0.199. The second-order valence-electron chi connectivity index (χ2n) is 3.63. The van der Waals surface area contributed by atoms with E-state index in [-0.39, 0.29) is 12.6 Å². The smallest absolute Gasteiger partial charge is 0.338 e. The number of esters is 1. The number of aromatic nitrogens is 1. The number of ether oxygens (including phenoxy) is 1. The summed E-state index contributed by atoms with van der Waals surface area (Å²) in [5.74, 6) is -0.379. The van der Waals surface area contributed by atoms with Crippen LogP contribution in [-0.2, 0) is 11.3 Å². The summed E-state index contributed by atoms with van der Waals surface area (Å²) in [6, 6.07) is 5.16. The fourth-order valence-electron chi connectivity index (χ4n) is 1.47. The van der Waals surface area contributed by atoms with Crippen LogP contribution in [0.5, 0.6) is 0 Å². The van der Waals surface area contributed by atoms with Crippen LogP contribution in [-0.4, -0.2) is 11.0 Å². The topological polar surface area (TPSA) is 65.2 Å². The van der Waals surface area contributed by atoms with Gasteiger partial charge in [0.2, 0.25) is 0 Å². The summed E-state index contributed by atoms with van der Waals surface area (Å²) < 4.78 is 5.14. The van der Waals surface area contributed by atoms with Crippen LogP contribution in [0.15, 0.2) is 29.8 Å². The molecule has 1 aromatic carbocycles. The Balaban J connectivity index is 2.04. The molecular weight excluding hydrogens is 236 g/mol. The molecule has 2 N–H and O–H groups in total. The van der Waals surface area contributed by atoms with Gasteiger partial charge in [0.15, 0.2) is 0 Å². The van der Waals surface area contributed by atoms with Crippen LogP contribution in [0.4, 0.5) is 5.69 Å². The highest BCUT2D eigenvalue weighted by Crippen LogP contribution is 2.13. The van der Waals surface area contributed by atoms with Gasteiger partial charge in [-0.3, -0.25) is 0 Å². The average Bonchev–Trinajstić information content (AvgIpc) is 2.77. The zero-order chi connectivity index (χ0) is 12.3. The molecular formula is C12H12N2O2S. The Labute approximate surface area is 103 Å². The Kier molecular flexibility index (Phi) is 3.39. The van der Waals surface area contributed by atoms with Crippen LogP contribution in [0.3, 0.4) is 0 Å². The van der Waals surface area contributed by atoms with Crippen LogP contribution < -0.4 is 5.73 Å². The second kappa shape index (κ2) is 4.97. The van der Waals surface area contributed by atoms with Crippen molar-refractivity contribution < 1.29 is 9.53 Å². The van der Waals surface area contributed by atoms with Gasteiger partial charge in [0.05, 0.1) is 5.56 Å². The second-order valence-corrected chi connectivity index (χ2v) is 4.61. The van der Waals surface area contributed by atoms with Crippen molar-refractivity contribution in [3.63, 3.8) is 0 Å². The monoisotopic (exact) mass is 248 g/mol. The van der Waals surface area contributed by atoms with E-state index in [1.807, 2.05) is 12.3 Å². The lowest BCUT2D eigenvalue weighted by Gasteiger charge is -2.05. The molecule has 5 heteroatoms. The lowest BCUT2D eigenvalue weighted by Crippen LogP contribution is -2.06. The summed E-state index contributed by atoms with van der Waals surface area (Å²) in [5.41, 5.74) is 7.64.